The molecule has 0 bridgehead atoms. The molecule has 1 N–H and O–H groups in total. The van der Waals surface area contributed by atoms with Crippen LogP contribution in [0.4, 0.5) is 5.69 Å². The second kappa shape index (κ2) is 7.24. The summed E-state index contributed by atoms with van der Waals surface area (Å²) in [6, 6.07) is 5.60. The highest BCUT2D eigenvalue weighted by molar-refractivity contribution is 5.43. The monoisotopic (exact) mass is 264 g/mol. The van der Waals surface area contributed by atoms with Gasteiger partial charge in [-0.3, -0.25) is 10.1 Å². The van der Waals surface area contributed by atoms with Crippen molar-refractivity contribution in [2.45, 2.75) is 46.6 Å². The van der Waals surface area contributed by atoms with Crippen LogP contribution in [0.25, 0.3) is 0 Å². The Morgan fingerprint density at radius 2 is 2.00 bits per heavy atom. The van der Waals surface area contributed by atoms with Gasteiger partial charge in [0, 0.05) is 17.7 Å². The van der Waals surface area contributed by atoms with Crippen LogP contribution in [-0.2, 0) is 0 Å². The maximum atomic E-state index is 10.9. The van der Waals surface area contributed by atoms with Gasteiger partial charge in [-0.05, 0) is 44.7 Å². The highest BCUT2D eigenvalue weighted by Crippen LogP contribution is 2.23. The van der Waals surface area contributed by atoms with Crippen molar-refractivity contribution < 1.29 is 4.92 Å². The molecule has 0 fully saturated rings. The number of benzene rings is 1. The van der Waals surface area contributed by atoms with Gasteiger partial charge in [-0.2, -0.15) is 0 Å². The third kappa shape index (κ3) is 4.99. The quantitative estimate of drug-likeness (QED) is 0.460. The van der Waals surface area contributed by atoms with Crippen LogP contribution in [-0.4, -0.2) is 11.5 Å². The number of nitro benzene ring substituents is 1. The van der Waals surface area contributed by atoms with Gasteiger partial charge in [-0.15, -0.1) is 0 Å². The lowest BCUT2D eigenvalue weighted by Gasteiger charge is -2.15. The van der Waals surface area contributed by atoms with Crippen molar-refractivity contribution in [1.29, 1.82) is 0 Å². The number of nitro groups is 1. The van der Waals surface area contributed by atoms with Gasteiger partial charge in [0.2, 0.25) is 0 Å². The average Bonchev–Trinajstić information content (AvgIpc) is 2.34. The molecule has 1 aromatic carbocycles. The Labute approximate surface area is 115 Å². The molecule has 1 unspecified atom stereocenters. The van der Waals surface area contributed by atoms with Crippen molar-refractivity contribution in [3.05, 3.63) is 39.4 Å². The molecule has 1 rings (SSSR count). The van der Waals surface area contributed by atoms with E-state index in [2.05, 4.69) is 19.2 Å². The van der Waals surface area contributed by atoms with Crippen LogP contribution >= 0.6 is 0 Å². The summed E-state index contributed by atoms with van der Waals surface area (Å²) in [5, 5.41) is 14.3. The summed E-state index contributed by atoms with van der Waals surface area (Å²) < 4.78 is 0. The number of nitrogens with zero attached hydrogens (tertiary/aromatic N) is 1. The van der Waals surface area contributed by atoms with Crippen molar-refractivity contribution in [3.8, 4) is 0 Å². The van der Waals surface area contributed by atoms with E-state index in [1.165, 1.54) is 6.42 Å². The number of nitrogens with one attached hydrogen (secondary N) is 1. The summed E-state index contributed by atoms with van der Waals surface area (Å²) in [5.41, 5.74) is 1.89. The molecule has 1 aromatic rings. The van der Waals surface area contributed by atoms with E-state index in [1.807, 2.05) is 19.1 Å². The van der Waals surface area contributed by atoms with Crippen LogP contribution in [0.2, 0.25) is 0 Å². The molecule has 19 heavy (non-hydrogen) atoms. The molecule has 106 valence electrons. The fourth-order valence-corrected chi connectivity index (χ4v) is 2.04. The summed E-state index contributed by atoms with van der Waals surface area (Å²) >= 11 is 0. The van der Waals surface area contributed by atoms with E-state index in [9.17, 15) is 10.1 Å². The number of hydrogen-bond acceptors (Lipinski definition) is 3. The van der Waals surface area contributed by atoms with Crippen LogP contribution in [0, 0.1) is 23.0 Å². The van der Waals surface area contributed by atoms with E-state index in [1.54, 1.807) is 13.0 Å². The molecule has 0 amide bonds. The van der Waals surface area contributed by atoms with Gasteiger partial charge in [0.25, 0.3) is 5.69 Å². The zero-order valence-corrected chi connectivity index (χ0v) is 12.3. The summed E-state index contributed by atoms with van der Waals surface area (Å²) in [6.07, 6.45) is 2.34. The Kier molecular flexibility index (Phi) is 5.96. The van der Waals surface area contributed by atoms with E-state index in [4.69, 9.17) is 0 Å². The first-order valence-corrected chi connectivity index (χ1v) is 6.90. The van der Waals surface area contributed by atoms with Gasteiger partial charge >= 0.3 is 0 Å². The third-order valence-corrected chi connectivity index (χ3v) is 3.34. The van der Waals surface area contributed by atoms with Gasteiger partial charge in [0.1, 0.15) is 0 Å². The second-order valence-electron chi connectivity index (χ2n) is 5.51. The topological polar surface area (TPSA) is 55.2 Å². The van der Waals surface area contributed by atoms with Gasteiger partial charge in [0.05, 0.1) is 4.92 Å². The van der Waals surface area contributed by atoms with E-state index in [0.717, 1.165) is 24.4 Å². The molecular formula is C15H24N2O2. The van der Waals surface area contributed by atoms with Crippen LogP contribution in [0.5, 0.6) is 0 Å². The van der Waals surface area contributed by atoms with Crippen molar-refractivity contribution in [2.24, 2.45) is 5.92 Å². The highest BCUT2D eigenvalue weighted by atomic mass is 16.6. The summed E-state index contributed by atoms with van der Waals surface area (Å²) in [5.74, 6) is 0.720. The Balaban J connectivity index is 2.59. The first-order valence-electron chi connectivity index (χ1n) is 6.90. The lowest BCUT2D eigenvalue weighted by Crippen LogP contribution is -2.20. The lowest BCUT2D eigenvalue weighted by atomic mass is 10.0. The zero-order valence-electron chi connectivity index (χ0n) is 12.3. The Hall–Kier alpha value is -1.42. The molecule has 0 saturated carbocycles. The normalized spacial score (nSPS) is 12.7. The summed E-state index contributed by atoms with van der Waals surface area (Å²) in [6.45, 7) is 9.19. The smallest absolute Gasteiger partial charge is 0.272 e. The molecule has 0 radical (unpaired) electrons. The zero-order chi connectivity index (χ0) is 14.4. The van der Waals surface area contributed by atoms with E-state index < -0.39 is 0 Å². The highest BCUT2D eigenvalue weighted by Gasteiger charge is 2.13. The van der Waals surface area contributed by atoms with Gasteiger partial charge in [0.15, 0.2) is 0 Å². The van der Waals surface area contributed by atoms with E-state index in [-0.39, 0.29) is 16.7 Å². The molecule has 4 heteroatoms. The van der Waals surface area contributed by atoms with Crippen LogP contribution in [0.1, 0.15) is 50.8 Å². The predicted molar refractivity (Wildman–Crippen MR) is 78.3 cm³/mol. The molecule has 4 nitrogen and oxygen atoms in total. The molecule has 0 saturated heterocycles. The molecular weight excluding hydrogens is 240 g/mol. The fraction of sp³-hybridized carbons (Fsp3) is 0.600. The van der Waals surface area contributed by atoms with Crippen molar-refractivity contribution >= 4 is 5.69 Å². The molecule has 0 aliphatic rings. The Morgan fingerprint density at radius 3 is 2.58 bits per heavy atom. The largest absolute Gasteiger partial charge is 0.310 e. The molecule has 0 aliphatic carbocycles. The van der Waals surface area contributed by atoms with Crippen LogP contribution < -0.4 is 5.32 Å². The maximum absolute atomic E-state index is 10.9. The number of hydrogen-bond donors (Lipinski definition) is 1. The maximum Gasteiger partial charge on any atom is 0.272 e. The molecule has 0 aliphatic heterocycles. The van der Waals surface area contributed by atoms with Crippen molar-refractivity contribution in [1.82, 2.24) is 5.32 Å². The third-order valence-electron chi connectivity index (χ3n) is 3.34. The summed E-state index contributed by atoms with van der Waals surface area (Å²) in [7, 11) is 0. The average molecular weight is 264 g/mol. The molecule has 0 spiro atoms. The first kappa shape index (κ1) is 15.6. The van der Waals surface area contributed by atoms with Crippen molar-refractivity contribution in [3.63, 3.8) is 0 Å². The minimum absolute atomic E-state index is 0.145. The summed E-state index contributed by atoms with van der Waals surface area (Å²) in [4.78, 5) is 10.6. The van der Waals surface area contributed by atoms with Crippen molar-refractivity contribution in [2.75, 3.05) is 6.54 Å². The number of rotatable bonds is 7. The first-order chi connectivity index (χ1) is 8.91. The van der Waals surface area contributed by atoms with E-state index >= 15 is 0 Å². The molecule has 0 aromatic heterocycles. The standard InChI is InChI=1S/C15H24N2O2/c1-11(2)6-5-9-16-13(4)14-8-7-12(3)15(10-14)17(18)19/h7-8,10-11,13,16H,5-6,9H2,1-4H3. The van der Waals surface area contributed by atoms with Crippen LogP contribution in [0.15, 0.2) is 18.2 Å². The second-order valence-corrected chi connectivity index (χ2v) is 5.51. The van der Waals surface area contributed by atoms with Crippen LogP contribution in [0.3, 0.4) is 0 Å². The lowest BCUT2D eigenvalue weighted by molar-refractivity contribution is -0.385. The molecule has 0 heterocycles. The van der Waals surface area contributed by atoms with Gasteiger partial charge in [-0.25, -0.2) is 0 Å². The Morgan fingerprint density at radius 1 is 1.32 bits per heavy atom. The Bertz CT molecular complexity index is 430. The fourth-order valence-electron chi connectivity index (χ4n) is 2.04. The SMILES string of the molecule is Cc1ccc(C(C)NCCCC(C)C)cc1[N+](=O)[O-]. The number of aryl methyl sites for hydroxylation is 1. The van der Waals surface area contributed by atoms with Gasteiger partial charge in [-0.1, -0.05) is 26.0 Å². The minimum atomic E-state index is -0.315. The molecule has 1 atom stereocenters. The van der Waals surface area contributed by atoms with E-state index in [0.29, 0.717) is 5.56 Å². The van der Waals surface area contributed by atoms with Gasteiger partial charge < -0.3 is 5.32 Å². The predicted octanol–water partition coefficient (Wildman–Crippen LogP) is 3.99. The minimum Gasteiger partial charge on any atom is -0.310 e.